The summed E-state index contributed by atoms with van der Waals surface area (Å²) in [5.41, 5.74) is 3.47. The van der Waals surface area contributed by atoms with Crippen LogP contribution in [0, 0.1) is 11.8 Å². The summed E-state index contributed by atoms with van der Waals surface area (Å²) in [6.07, 6.45) is 5.02. The van der Waals surface area contributed by atoms with Crippen LogP contribution in [0.25, 0.3) is 9.75 Å². The SMILES string of the molecule is C1=CC2C(S1)C1SC=CC1C21c2ccsc2-c2sccc21. The molecule has 0 saturated heterocycles. The highest BCUT2D eigenvalue weighted by molar-refractivity contribution is 8.06. The van der Waals surface area contributed by atoms with Gasteiger partial charge in [-0.2, -0.15) is 0 Å². The fourth-order valence-electron chi connectivity index (χ4n) is 4.92. The number of allylic oxidation sites excluding steroid dienone is 2. The molecule has 4 heterocycles. The van der Waals surface area contributed by atoms with Crippen molar-refractivity contribution in [3.8, 4) is 9.75 Å². The Morgan fingerprint density at radius 3 is 1.81 bits per heavy atom. The number of thioether (sulfide) groups is 2. The van der Waals surface area contributed by atoms with Crippen molar-refractivity contribution in [3.05, 3.63) is 57.0 Å². The van der Waals surface area contributed by atoms with E-state index in [0.29, 0.717) is 11.8 Å². The zero-order chi connectivity index (χ0) is 13.6. The number of rotatable bonds is 0. The lowest BCUT2D eigenvalue weighted by molar-refractivity contribution is 0.400. The van der Waals surface area contributed by atoms with Gasteiger partial charge in [-0.1, -0.05) is 12.2 Å². The van der Waals surface area contributed by atoms with Gasteiger partial charge in [-0.15, -0.1) is 46.2 Å². The molecule has 0 aromatic carbocycles. The molecule has 1 spiro atoms. The van der Waals surface area contributed by atoms with Gasteiger partial charge in [0.2, 0.25) is 0 Å². The minimum absolute atomic E-state index is 0.222. The third-order valence-electron chi connectivity index (χ3n) is 5.55. The highest BCUT2D eigenvalue weighted by atomic mass is 32.2. The summed E-state index contributed by atoms with van der Waals surface area (Å²) >= 11 is 8.01. The number of thiophene rings is 2. The van der Waals surface area contributed by atoms with Crippen molar-refractivity contribution in [2.24, 2.45) is 11.8 Å². The molecular weight excluding hydrogens is 332 g/mol. The number of fused-ring (bicyclic) bond motifs is 10. The molecule has 4 atom stereocenters. The molecule has 0 nitrogen and oxygen atoms in total. The Morgan fingerprint density at radius 2 is 1.29 bits per heavy atom. The van der Waals surface area contributed by atoms with E-state index >= 15 is 0 Å². The zero-order valence-electron chi connectivity index (χ0n) is 11.1. The van der Waals surface area contributed by atoms with Crippen molar-refractivity contribution in [3.63, 3.8) is 0 Å². The van der Waals surface area contributed by atoms with Gasteiger partial charge in [0, 0.05) is 37.5 Å². The van der Waals surface area contributed by atoms with Gasteiger partial charge in [0.05, 0.1) is 0 Å². The molecule has 4 unspecified atom stereocenters. The molecular formula is C17H12S4. The van der Waals surface area contributed by atoms with Crippen LogP contribution < -0.4 is 0 Å². The molecule has 104 valence electrons. The molecule has 2 aromatic rings. The molecule has 0 radical (unpaired) electrons. The van der Waals surface area contributed by atoms with Crippen LogP contribution in [0.3, 0.4) is 0 Å². The first-order valence-corrected chi connectivity index (χ1v) is 10.9. The summed E-state index contributed by atoms with van der Waals surface area (Å²) in [6.45, 7) is 0. The first kappa shape index (κ1) is 12.1. The minimum Gasteiger partial charge on any atom is -0.143 e. The topological polar surface area (TPSA) is 0 Å². The van der Waals surface area contributed by atoms with Crippen LogP contribution in [0.1, 0.15) is 11.1 Å². The van der Waals surface area contributed by atoms with Crippen molar-refractivity contribution >= 4 is 46.2 Å². The number of hydrogen-bond donors (Lipinski definition) is 0. The summed E-state index contributed by atoms with van der Waals surface area (Å²) in [4.78, 5) is 3.10. The van der Waals surface area contributed by atoms with E-state index < -0.39 is 0 Å². The average molecular weight is 345 g/mol. The lowest BCUT2D eigenvalue weighted by Crippen LogP contribution is -2.35. The fraction of sp³-hybridized carbons (Fsp3) is 0.294. The number of hydrogen-bond acceptors (Lipinski definition) is 4. The Morgan fingerprint density at radius 1 is 0.762 bits per heavy atom. The van der Waals surface area contributed by atoms with E-state index in [-0.39, 0.29) is 5.41 Å². The second kappa shape index (κ2) is 3.91. The van der Waals surface area contributed by atoms with Gasteiger partial charge in [-0.05, 0) is 44.8 Å². The lowest BCUT2D eigenvalue weighted by Gasteiger charge is -2.35. The lowest BCUT2D eigenvalue weighted by atomic mass is 9.66. The molecule has 4 heteroatoms. The summed E-state index contributed by atoms with van der Waals surface area (Å²) in [5.74, 6) is 1.33. The van der Waals surface area contributed by atoms with E-state index in [1.807, 2.05) is 22.7 Å². The molecule has 0 bridgehead atoms. The van der Waals surface area contributed by atoms with E-state index in [1.165, 1.54) is 0 Å². The third-order valence-corrected chi connectivity index (χ3v) is 10.1. The van der Waals surface area contributed by atoms with Crippen LogP contribution in [-0.2, 0) is 5.41 Å². The first-order valence-electron chi connectivity index (χ1n) is 7.23. The Kier molecular flexibility index (Phi) is 2.24. The van der Waals surface area contributed by atoms with Crippen LogP contribution >= 0.6 is 46.2 Å². The van der Waals surface area contributed by atoms with Crippen molar-refractivity contribution in [2.75, 3.05) is 0 Å². The standard InChI is InChI=1S/C17H12S4/c1-5-18-13-9(1)17(10-2-6-19-14(10)13)11-3-7-20-15(11)16-12(17)4-8-21-16/h1-10,13-14H. The van der Waals surface area contributed by atoms with Crippen LogP contribution in [0.2, 0.25) is 0 Å². The van der Waals surface area contributed by atoms with E-state index in [2.05, 4.69) is 69.4 Å². The van der Waals surface area contributed by atoms with E-state index in [0.717, 1.165) is 10.5 Å². The van der Waals surface area contributed by atoms with E-state index in [9.17, 15) is 0 Å². The summed E-state index contributed by atoms with van der Waals surface area (Å²) in [7, 11) is 0. The van der Waals surface area contributed by atoms with Gasteiger partial charge in [0.1, 0.15) is 0 Å². The first-order chi connectivity index (χ1) is 10.4. The molecule has 2 aromatic heterocycles. The third kappa shape index (κ3) is 1.18. The summed E-state index contributed by atoms with van der Waals surface area (Å²) < 4.78 is 0. The van der Waals surface area contributed by atoms with Crippen molar-refractivity contribution < 1.29 is 0 Å². The normalized spacial score (nSPS) is 36.2. The van der Waals surface area contributed by atoms with Crippen LogP contribution in [0.5, 0.6) is 0 Å². The zero-order valence-corrected chi connectivity index (χ0v) is 14.3. The minimum atomic E-state index is 0.222. The van der Waals surface area contributed by atoms with Crippen molar-refractivity contribution in [2.45, 2.75) is 15.9 Å². The maximum atomic E-state index is 2.51. The second-order valence-electron chi connectivity index (χ2n) is 6.11. The molecule has 21 heavy (non-hydrogen) atoms. The Labute approximate surface area is 140 Å². The van der Waals surface area contributed by atoms with Crippen molar-refractivity contribution in [1.29, 1.82) is 0 Å². The van der Waals surface area contributed by atoms with Gasteiger partial charge >= 0.3 is 0 Å². The molecule has 1 fully saturated rings. The van der Waals surface area contributed by atoms with Crippen molar-refractivity contribution in [1.82, 2.24) is 0 Å². The molecule has 6 rings (SSSR count). The monoisotopic (exact) mass is 344 g/mol. The van der Waals surface area contributed by atoms with Gasteiger partial charge < -0.3 is 0 Å². The van der Waals surface area contributed by atoms with Crippen LogP contribution in [0.4, 0.5) is 0 Å². The average Bonchev–Trinajstić information content (AvgIpc) is 3.26. The molecule has 0 amide bonds. The quantitative estimate of drug-likeness (QED) is 0.612. The Hall–Kier alpha value is -0.420. The second-order valence-corrected chi connectivity index (χ2v) is 10.1. The smallest absolute Gasteiger partial charge is 0.0487 e. The molecule has 0 N–H and O–H groups in total. The Balaban J connectivity index is 1.74. The highest BCUT2D eigenvalue weighted by Crippen LogP contribution is 2.70. The largest absolute Gasteiger partial charge is 0.143 e. The predicted molar refractivity (Wildman–Crippen MR) is 96.4 cm³/mol. The van der Waals surface area contributed by atoms with Crippen LogP contribution in [0.15, 0.2) is 45.9 Å². The summed E-state index contributed by atoms with van der Waals surface area (Å²) in [6, 6.07) is 4.83. The Bertz CT molecular complexity index is 740. The van der Waals surface area contributed by atoms with Gasteiger partial charge in [-0.25, -0.2) is 0 Å². The highest BCUT2D eigenvalue weighted by Gasteiger charge is 2.65. The molecule has 2 aliphatic heterocycles. The van der Waals surface area contributed by atoms with Gasteiger partial charge in [0.15, 0.2) is 0 Å². The van der Waals surface area contributed by atoms with Gasteiger partial charge in [-0.3, -0.25) is 0 Å². The van der Waals surface area contributed by atoms with Crippen LogP contribution in [-0.4, -0.2) is 10.5 Å². The molecule has 1 saturated carbocycles. The van der Waals surface area contributed by atoms with E-state index in [4.69, 9.17) is 0 Å². The fourth-order valence-corrected chi connectivity index (χ4v) is 9.92. The maximum absolute atomic E-state index is 2.51. The van der Waals surface area contributed by atoms with E-state index in [1.54, 1.807) is 20.9 Å². The van der Waals surface area contributed by atoms with Gasteiger partial charge in [0.25, 0.3) is 0 Å². The molecule has 2 aliphatic carbocycles. The molecule has 4 aliphatic rings. The maximum Gasteiger partial charge on any atom is 0.0487 e. The summed E-state index contributed by atoms with van der Waals surface area (Å²) in [5, 5.41) is 10.8. The predicted octanol–water partition coefficient (Wildman–Crippen LogP) is 5.58.